The van der Waals surface area contributed by atoms with Crippen LogP contribution in [0.2, 0.25) is 0 Å². The number of carbonyl (C=O) groups is 2. The highest BCUT2D eigenvalue weighted by Gasteiger charge is 2.27. The number of carbonyl (C=O) groups excluding carboxylic acids is 1. The molecule has 1 amide bonds. The smallest absolute Gasteiger partial charge is 0.377 e. The average Bonchev–Trinajstić information content (AvgIpc) is 3.30. The van der Waals surface area contributed by atoms with Gasteiger partial charge in [-0.15, -0.1) is 4.68 Å². The minimum atomic E-state index is -1.21. The fraction of sp³-hybridized carbons (Fsp3) is 0.192. The largest absolute Gasteiger partial charge is 0.494 e. The van der Waals surface area contributed by atoms with Gasteiger partial charge in [-0.2, -0.15) is 4.68 Å². The van der Waals surface area contributed by atoms with Crippen molar-refractivity contribution in [3.63, 3.8) is 0 Å². The number of benzene rings is 3. The number of para-hydroxylation sites is 1. The van der Waals surface area contributed by atoms with Gasteiger partial charge in [0.1, 0.15) is 17.2 Å². The summed E-state index contributed by atoms with van der Waals surface area (Å²) in [5.74, 6) is -1.76. The average molecular weight is 522 g/mol. The van der Waals surface area contributed by atoms with Crippen molar-refractivity contribution in [1.29, 1.82) is 0 Å². The Hall–Kier alpha value is -5.00. The molecule has 196 valence electrons. The Balaban J connectivity index is 1.69. The van der Waals surface area contributed by atoms with E-state index in [1.807, 2.05) is 30.3 Å². The first kappa shape index (κ1) is 26.1. The van der Waals surface area contributed by atoms with Crippen LogP contribution < -0.4 is 20.1 Å². The number of amides is 1. The molecule has 0 atom stereocenters. The molecule has 4 aromatic rings. The lowest BCUT2D eigenvalue weighted by atomic mass is 10.1. The van der Waals surface area contributed by atoms with E-state index in [0.29, 0.717) is 15.8 Å². The van der Waals surface area contributed by atoms with Gasteiger partial charge < -0.3 is 14.6 Å². The third-order valence-corrected chi connectivity index (χ3v) is 5.68. The third-order valence-electron chi connectivity index (χ3n) is 5.68. The van der Waals surface area contributed by atoms with E-state index in [1.165, 1.54) is 37.4 Å². The molecule has 1 heterocycles. The standard InChI is InChI=1S/C26H24FN5O6/c1-3-30(25(35)32-26(36)31(28-29-32)23-19(27)10-7-11-22(23)37-2)20-16-18(24(33)34)12-13-21(20)38-15-14-17-8-5-4-6-9-17/h4-13,16H,3,14-15H2,1-2H3,(H,33,34). The molecule has 1 N–H and O–H groups in total. The van der Waals surface area contributed by atoms with Crippen molar-refractivity contribution >= 4 is 17.7 Å². The number of hydrogen-bond donors (Lipinski definition) is 1. The van der Waals surface area contributed by atoms with E-state index in [2.05, 4.69) is 10.4 Å². The lowest BCUT2D eigenvalue weighted by molar-refractivity contribution is 0.0696. The fourth-order valence-electron chi connectivity index (χ4n) is 3.80. The zero-order valence-electron chi connectivity index (χ0n) is 20.6. The molecule has 0 fully saturated rings. The Morgan fingerprint density at radius 1 is 1.03 bits per heavy atom. The van der Waals surface area contributed by atoms with Crippen molar-refractivity contribution < 1.29 is 28.6 Å². The van der Waals surface area contributed by atoms with E-state index in [-0.39, 0.29) is 41.6 Å². The lowest BCUT2D eigenvalue weighted by Crippen LogP contribution is -2.41. The van der Waals surface area contributed by atoms with Gasteiger partial charge in [0.05, 0.1) is 25.0 Å². The second-order valence-corrected chi connectivity index (χ2v) is 7.97. The van der Waals surface area contributed by atoms with Crippen LogP contribution in [0.25, 0.3) is 5.69 Å². The van der Waals surface area contributed by atoms with Crippen molar-refractivity contribution in [3.8, 4) is 17.2 Å². The van der Waals surface area contributed by atoms with Crippen molar-refractivity contribution in [2.45, 2.75) is 13.3 Å². The molecule has 0 spiro atoms. The van der Waals surface area contributed by atoms with Crippen LogP contribution in [0.3, 0.4) is 0 Å². The number of tetrazole rings is 1. The molecular formula is C26H24FN5O6. The first-order valence-corrected chi connectivity index (χ1v) is 11.6. The van der Waals surface area contributed by atoms with Crippen LogP contribution in [0.15, 0.2) is 71.5 Å². The number of methoxy groups -OCH3 is 1. The Morgan fingerprint density at radius 2 is 1.79 bits per heavy atom. The van der Waals surface area contributed by atoms with E-state index in [1.54, 1.807) is 6.92 Å². The number of halogens is 1. The zero-order valence-corrected chi connectivity index (χ0v) is 20.6. The van der Waals surface area contributed by atoms with Gasteiger partial charge in [-0.1, -0.05) is 36.4 Å². The van der Waals surface area contributed by atoms with Crippen molar-refractivity contribution in [2.24, 2.45) is 0 Å². The van der Waals surface area contributed by atoms with Crippen LogP contribution in [0, 0.1) is 5.82 Å². The van der Waals surface area contributed by atoms with Gasteiger partial charge in [-0.25, -0.2) is 18.8 Å². The number of aromatic nitrogens is 4. The first-order chi connectivity index (χ1) is 18.3. The van der Waals surface area contributed by atoms with E-state index < -0.39 is 23.5 Å². The second-order valence-electron chi connectivity index (χ2n) is 7.97. The highest BCUT2D eigenvalue weighted by atomic mass is 19.1. The summed E-state index contributed by atoms with van der Waals surface area (Å²) in [5, 5.41) is 16.8. The number of rotatable bonds is 9. The molecule has 0 bridgehead atoms. The maximum absolute atomic E-state index is 14.5. The fourth-order valence-corrected chi connectivity index (χ4v) is 3.80. The van der Waals surface area contributed by atoms with E-state index in [9.17, 15) is 23.9 Å². The summed E-state index contributed by atoms with van der Waals surface area (Å²) >= 11 is 0. The second kappa shape index (κ2) is 11.4. The van der Waals surface area contributed by atoms with Crippen LogP contribution in [-0.2, 0) is 6.42 Å². The van der Waals surface area contributed by atoms with Gasteiger partial charge in [0.2, 0.25) is 0 Å². The monoisotopic (exact) mass is 521 g/mol. The number of anilines is 1. The molecule has 0 saturated heterocycles. The summed E-state index contributed by atoms with van der Waals surface area (Å²) in [6, 6.07) is 16.7. The first-order valence-electron chi connectivity index (χ1n) is 11.6. The SMILES string of the molecule is CCN(C(=O)n1nnn(-c2c(F)cccc2OC)c1=O)c1cc(C(=O)O)ccc1OCCc1ccccc1. The molecule has 38 heavy (non-hydrogen) atoms. The van der Waals surface area contributed by atoms with E-state index in [0.717, 1.165) is 16.5 Å². The molecule has 0 aliphatic carbocycles. The number of carboxylic acid groups (broad SMARTS) is 1. The van der Waals surface area contributed by atoms with Gasteiger partial charge in [0.25, 0.3) is 0 Å². The molecule has 1 aromatic heterocycles. The minimum absolute atomic E-state index is 0.0159. The molecule has 4 rings (SSSR count). The zero-order chi connectivity index (χ0) is 27.2. The Kier molecular flexibility index (Phi) is 7.80. The predicted octanol–water partition coefficient (Wildman–Crippen LogP) is 3.39. The van der Waals surface area contributed by atoms with Gasteiger partial charge in [0, 0.05) is 13.0 Å². The van der Waals surface area contributed by atoms with E-state index >= 15 is 0 Å². The molecule has 3 aromatic carbocycles. The van der Waals surface area contributed by atoms with Crippen LogP contribution in [-0.4, -0.2) is 57.2 Å². The minimum Gasteiger partial charge on any atom is -0.494 e. The summed E-state index contributed by atoms with van der Waals surface area (Å²) in [7, 11) is 1.30. The van der Waals surface area contributed by atoms with Crippen LogP contribution >= 0.6 is 0 Å². The summed E-state index contributed by atoms with van der Waals surface area (Å²) in [5.41, 5.74) is -0.284. The number of carboxylic acids is 1. The molecule has 0 unspecified atom stereocenters. The molecule has 0 radical (unpaired) electrons. The van der Waals surface area contributed by atoms with E-state index in [4.69, 9.17) is 9.47 Å². The van der Waals surface area contributed by atoms with Crippen LogP contribution in [0.4, 0.5) is 14.9 Å². The Bertz CT molecular complexity index is 1520. The third kappa shape index (κ3) is 5.24. The Morgan fingerprint density at radius 3 is 2.47 bits per heavy atom. The maximum Gasteiger partial charge on any atom is 0.377 e. The van der Waals surface area contributed by atoms with Gasteiger partial charge in [-0.3, -0.25) is 4.90 Å². The molecule has 0 saturated carbocycles. The van der Waals surface area contributed by atoms with Crippen molar-refractivity contribution in [1.82, 2.24) is 19.8 Å². The topological polar surface area (TPSA) is 129 Å². The molecular weight excluding hydrogens is 497 g/mol. The lowest BCUT2D eigenvalue weighted by Gasteiger charge is -2.23. The summed E-state index contributed by atoms with van der Waals surface area (Å²) in [6.45, 7) is 1.91. The number of aromatic carboxylic acids is 1. The number of nitrogens with zero attached hydrogens (tertiary/aromatic N) is 5. The predicted molar refractivity (Wildman–Crippen MR) is 135 cm³/mol. The summed E-state index contributed by atoms with van der Waals surface area (Å²) in [6.07, 6.45) is 0.569. The Labute approximate surface area is 216 Å². The summed E-state index contributed by atoms with van der Waals surface area (Å²) < 4.78 is 26.6. The normalized spacial score (nSPS) is 10.7. The molecule has 0 aliphatic heterocycles. The maximum atomic E-state index is 14.5. The van der Waals surface area contributed by atoms with Gasteiger partial charge >= 0.3 is 17.7 Å². The van der Waals surface area contributed by atoms with Crippen LogP contribution in [0.5, 0.6) is 11.5 Å². The quantitative estimate of drug-likeness (QED) is 0.332. The molecule has 11 nitrogen and oxygen atoms in total. The highest BCUT2D eigenvalue weighted by molar-refractivity contribution is 5.97. The summed E-state index contributed by atoms with van der Waals surface area (Å²) in [4.78, 5) is 39.3. The van der Waals surface area contributed by atoms with Crippen LogP contribution in [0.1, 0.15) is 22.8 Å². The van der Waals surface area contributed by atoms with Gasteiger partial charge in [-0.05, 0) is 53.2 Å². The van der Waals surface area contributed by atoms with Crippen molar-refractivity contribution in [2.75, 3.05) is 25.2 Å². The highest BCUT2D eigenvalue weighted by Crippen LogP contribution is 2.31. The van der Waals surface area contributed by atoms with Gasteiger partial charge in [0.15, 0.2) is 5.82 Å². The number of hydrogen-bond acceptors (Lipinski definition) is 7. The number of ether oxygens (including phenoxy) is 2. The van der Waals surface area contributed by atoms with Crippen molar-refractivity contribution in [3.05, 3.63) is 94.2 Å². The molecule has 12 heteroatoms. The molecule has 0 aliphatic rings.